The number of para-hydroxylation sites is 1. The first-order valence-electron chi connectivity index (χ1n) is 10.5. The summed E-state index contributed by atoms with van der Waals surface area (Å²) >= 11 is 0. The van der Waals surface area contributed by atoms with Gasteiger partial charge in [0.05, 0.1) is 12.7 Å². The first-order chi connectivity index (χ1) is 15.5. The molecule has 0 spiro atoms. The van der Waals surface area contributed by atoms with Gasteiger partial charge in [-0.2, -0.15) is 0 Å². The summed E-state index contributed by atoms with van der Waals surface area (Å²) < 4.78 is 7.20. The molecule has 1 heterocycles. The third-order valence-corrected chi connectivity index (χ3v) is 5.57. The number of carbonyl (C=O) groups excluding carboxylic acids is 2. The molecule has 0 aromatic heterocycles. The van der Waals surface area contributed by atoms with Gasteiger partial charge in [0.15, 0.2) is 6.04 Å². The molecule has 1 aliphatic heterocycles. The molecule has 1 aliphatic rings. The van der Waals surface area contributed by atoms with E-state index in [-0.39, 0.29) is 11.8 Å². The van der Waals surface area contributed by atoms with E-state index in [1.54, 1.807) is 23.9 Å². The van der Waals surface area contributed by atoms with Crippen LogP contribution in [-0.4, -0.2) is 35.9 Å². The Bertz CT molecular complexity index is 1170. The lowest BCUT2D eigenvalue weighted by Gasteiger charge is -2.15. The number of aryl methyl sites for hydroxylation is 2. The smallest absolute Gasteiger partial charge is 0.304 e. The quantitative estimate of drug-likeness (QED) is 0.613. The van der Waals surface area contributed by atoms with Crippen LogP contribution in [0, 0.1) is 13.8 Å². The molecular weight excluding hydrogens is 402 g/mol. The largest absolute Gasteiger partial charge is 0.496 e. The molecule has 162 valence electrons. The van der Waals surface area contributed by atoms with E-state index in [2.05, 4.69) is 10.7 Å². The second kappa shape index (κ2) is 9.06. The lowest BCUT2D eigenvalue weighted by atomic mass is 9.98. The molecule has 6 heteroatoms. The molecule has 0 unspecified atom stereocenters. The highest BCUT2D eigenvalue weighted by Gasteiger charge is 2.47. The van der Waals surface area contributed by atoms with E-state index in [1.807, 2.05) is 80.7 Å². The second-order valence-electron chi connectivity index (χ2n) is 7.93. The number of methoxy groups -OCH3 is 1. The molecule has 4 rings (SSSR count). The number of nitrogens with zero attached hydrogens (tertiary/aromatic N) is 1. The lowest BCUT2D eigenvalue weighted by molar-refractivity contribution is -0.596. The molecule has 2 N–H and O–H groups in total. The molecule has 0 radical (unpaired) electrons. The van der Waals surface area contributed by atoms with Crippen molar-refractivity contribution in [2.75, 3.05) is 7.11 Å². The van der Waals surface area contributed by atoms with E-state index >= 15 is 0 Å². The Labute approximate surface area is 187 Å². The maximum atomic E-state index is 13.0. The standard InChI is InChI=1S/C26H25N3O3/c1-17-8-12-19(13-9-17)24-23(27-25(30)20-14-10-18(2)11-15-20)26(31)28-29(24)16-21-6-4-5-7-22(21)32-3/h4-16,23-24H,1-3H3,(H-,27,28,30,31)/p+1/b29-16-/t23-,24-/m1/s1. The normalized spacial score (nSPS) is 19.0. The lowest BCUT2D eigenvalue weighted by Crippen LogP contribution is -2.42. The molecule has 2 amide bonds. The minimum atomic E-state index is -0.766. The number of hydrazone groups is 1. The molecule has 3 aromatic rings. The van der Waals surface area contributed by atoms with Crippen molar-refractivity contribution >= 4 is 18.0 Å². The number of hydrazine groups is 1. The second-order valence-corrected chi connectivity index (χ2v) is 7.93. The van der Waals surface area contributed by atoms with Gasteiger partial charge in [-0.15, -0.1) is 10.1 Å². The predicted molar refractivity (Wildman–Crippen MR) is 123 cm³/mol. The number of benzene rings is 3. The fourth-order valence-corrected chi connectivity index (χ4v) is 3.80. The third-order valence-electron chi connectivity index (χ3n) is 5.57. The van der Waals surface area contributed by atoms with Crippen LogP contribution in [0.5, 0.6) is 5.75 Å². The number of ether oxygens (including phenoxy) is 1. The van der Waals surface area contributed by atoms with Crippen molar-refractivity contribution in [3.63, 3.8) is 0 Å². The zero-order valence-corrected chi connectivity index (χ0v) is 18.3. The maximum absolute atomic E-state index is 13.0. The van der Waals surface area contributed by atoms with E-state index in [4.69, 9.17) is 4.74 Å². The third kappa shape index (κ3) is 4.39. The summed E-state index contributed by atoms with van der Waals surface area (Å²) in [5.74, 6) is 0.125. The number of hydrogen-bond acceptors (Lipinski definition) is 3. The molecule has 0 saturated carbocycles. The molecule has 0 aliphatic carbocycles. The van der Waals surface area contributed by atoms with Gasteiger partial charge in [0.1, 0.15) is 5.75 Å². The van der Waals surface area contributed by atoms with Gasteiger partial charge < -0.3 is 10.1 Å². The van der Waals surface area contributed by atoms with Crippen LogP contribution < -0.4 is 15.5 Å². The van der Waals surface area contributed by atoms with Crippen LogP contribution in [0.2, 0.25) is 0 Å². The molecular formula is C26H26N3O3+. The monoisotopic (exact) mass is 428 g/mol. The van der Waals surface area contributed by atoms with E-state index in [0.717, 1.165) is 22.3 Å². The van der Waals surface area contributed by atoms with Gasteiger partial charge in [0.2, 0.25) is 12.3 Å². The number of rotatable bonds is 5. The Morgan fingerprint density at radius 1 is 0.969 bits per heavy atom. The number of amides is 2. The summed E-state index contributed by atoms with van der Waals surface area (Å²) in [6, 6.07) is 21.6. The van der Waals surface area contributed by atoms with Gasteiger partial charge in [-0.25, -0.2) is 0 Å². The van der Waals surface area contributed by atoms with Crippen molar-refractivity contribution in [3.8, 4) is 5.75 Å². The maximum Gasteiger partial charge on any atom is 0.304 e. The summed E-state index contributed by atoms with van der Waals surface area (Å²) in [4.78, 5) is 25.9. The Kier molecular flexibility index (Phi) is 6.03. The molecule has 0 bridgehead atoms. The zero-order valence-electron chi connectivity index (χ0n) is 18.3. The van der Waals surface area contributed by atoms with Gasteiger partial charge in [-0.1, -0.05) is 59.7 Å². The Hall–Kier alpha value is -3.93. The highest BCUT2D eigenvalue weighted by molar-refractivity contribution is 5.98. The Balaban J connectivity index is 1.72. The summed E-state index contributed by atoms with van der Waals surface area (Å²) in [7, 11) is 1.61. The van der Waals surface area contributed by atoms with Crippen molar-refractivity contribution in [3.05, 3.63) is 101 Å². The van der Waals surface area contributed by atoms with Crippen LogP contribution in [0.4, 0.5) is 0 Å². The summed E-state index contributed by atoms with van der Waals surface area (Å²) in [5.41, 5.74) is 7.32. The summed E-state index contributed by atoms with van der Waals surface area (Å²) in [6.45, 7) is 3.97. The summed E-state index contributed by atoms with van der Waals surface area (Å²) in [5, 5.41) is 2.93. The number of hydrogen-bond donors (Lipinski definition) is 2. The van der Waals surface area contributed by atoms with Gasteiger partial charge >= 0.3 is 5.91 Å². The SMILES string of the molecule is COc1ccccc1/C=[N+]1\NC(=O)[C@H](NC(=O)c2ccc(C)cc2)[C@H]1c1ccc(C)cc1. The summed E-state index contributed by atoms with van der Waals surface area (Å²) in [6.07, 6.45) is 1.83. The first-order valence-corrected chi connectivity index (χ1v) is 10.5. The average molecular weight is 429 g/mol. The Morgan fingerprint density at radius 3 is 2.25 bits per heavy atom. The van der Waals surface area contributed by atoms with Gasteiger partial charge in [-0.3, -0.25) is 9.59 Å². The van der Waals surface area contributed by atoms with Crippen molar-refractivity contribution in [1.29, 1.82) is 0 Å². The number of carbonyl (C=O) groups is 2. The molecule has 1 saturated heterocycles. The number of nitrogens with one attached hydrogen (secondary N) is 2. The van der Waals surface area contributed by atoms with E-state index in [1.165, 1.54) is 0 Å². The van der Waals surface area contributed by atoms with Crippen molar-refractivity contribution in [2.24, 2.45) is 0 Å². The average Bonchev–Trinajstić information content (AvgIpc) is 3.09. The molecule has 3 aromatic carbocycles. The highest BCUT2D eigenvalue weighted by Crippen LogP contribution is 2.27. The van der Waals surface area contributed by atoms with E-state index < -0.39 is 12.1 Å². The topological polar surface area (TPSA) is 70.4 Å². The molecule has 1 fully saturated rings. The van der Waals surface area contributed by atoms with E-state index in [9.17, 15) is 9.59 Å². The fourth-order valence-electron chi connectivity index (χ4n) is 3.80. The van der Waals surface area contributed by atoms with Crippen molar-refractivity contribution in [1.82, 2.24) is 10.7 Å². The van der Waals surface area contributed by atoms with Crippen molar-refractivity contribution < 1.29 is 19.0 Å². The predicted octanol–water partition coefficient (Wildman–Crippen LogP) is 3.33. The van der Waals surface area contributed by atoms with Crippen LogP contribution >= 0.6 is 0 Å². The first kappa shape index (κ1) is 21.3. The van der Waals surface area contributed by atoms with Crippen LogP contribution in [0.15, 0.2) is 72.8 Å². The van der Waals surface area contributed by atoms with Gasteiger partial charge in [-0.05, 0) is 38.1 Å². The van der Waals surface area contributed by atoms with Crippen LogP contribution in [0.3, 0.4) is 0 Å². The zero-order chi connectivity index (χ0) is 22.7. The van der Waals surface area contributed by atoms with Crippen LogP contribution in [0.25, 0.3) is 0 Å². The fraction of sp³-hybridized carbons (Fsp3) is 0.192. The van der Waals surface area contributed by atoms with E-state index in [0.29, 0.717) is 11.3 Å². The Morgan fingerprint density at radius 2 is 1.59 bits per heavy atom. The minimum absolute atomic E-state index is 0.276. The highest BCUT2D eigenvalue weighted by atomic mass is 16.5. The molecule has 32 heavy (non-hydrogen) atoms. The molecule has 6 nitrogen and oxygen atoms in total. The van der Waals surface area contributed by atoms with Gasteiger partial charge in [0, 0.05) is 11.1 Å². The van der Waals surface area contributed by atoms with Crippen LogP contribution in [-0.2, 0) is 4.79 Å². The minimum Gasteiger partial charge on any atom is -0.496 e. The van der Waals surface area contributed by atoms with Gasteiger partial charge in [0.25, 0.3) is 5.91 Å². The van der Waals surface area contributed by atoms with Crippen LogP contribution in [0.1, 0.15) is 38.7 Å². The van der Waals surface area contributed by atoms with Crippen molar-refractivity contribution in [2.45, 2.75) is 25.9 Å². The molecule has 2 atom stereocenters.